The zero-order valence-electron chi connectivity index (χ0n) is 22.4. The van der Waals surface area contributed by atoms with E-state index >= 15 is 0 Å². The average Bonchev–Trinajstić information content (AvgIpc) is 3.76. The quantitative estimate of drug-likeness (QED) is 0.135. The maximum atomic E-state index is 14.7. The zero-order valence-corrected chi connectivity index (χ0v) is 25.2. The Balaban J connectivity index is 1.14. The van der Waals surface area contributed by atoms with Gasteiger partial charge in [0.05, 0.1) is 38.1 Å². The minimum atomic E-state index is -4.06. The second kappa shape index (κ2) is 12.3. The van der Waals surface area contributed by atoms with E-state index in [1.165, 1.54) is 10.9 Å². The Kier molecular flexibility index (Phi) is 8.70. The van der Waals surface area contributed by atoms with Crippen molar-refractivity contribution in [3.05, 3.63) is 41.3 Å². The van der Waals surface area contributed by atoms with Crippen LogP contribution in [0.25, 0.3) is 22.2 Å². The Morgan fingerprint density at radius 3 is 2.84 bits per heavy atom. The number of halogens is 1. The molecule has 2 aliphatic heterocycles. The molecule has 0 saturated carbocycles. The fourth-order valence-electron chi connectivity index (χ4n) is 5.21. The van der Waals surface area contributed by atoms with E-state index < -0.39 is 57.2 Å². The number of hydrogen-bond donors (Lipinski definition) is 4. The molecule has 232 valence electrons. The third kappa shape index (κ3) is 6.27. The first kappa shape index (κ1) is 30.3. The van der Waals surface area contributed by atoms with Crippen LogP contribution in [0.15, 0.2) is 30.0 Å². The van der Waals surface area contributed by atoms with E-state index in [4.69, 9.17) is 27.9 Å². The molecule has 0 aromatic carbocycles. The predicted molar refractivity (Wildman–Crippen MR) is 151 cm³/mol. The number of aromatic nitrogens is 7. The number of nitrogens with one attached hydrogen (secondary N) is 2. The van der Waals surface area contributed by atoms with Crippen LogP contribution in [0, 0.1) is 5.82 Å². The molecule has 2 aliphatic rings. The molecule has 3 N–H and O–H groups in total. The molecule has 6 rings (SSSR count). The van der Waals surface area contributed by atoms with Gasteiger partial charge in [0.2, 0.25) is 0 Å². The molecule has 2 fully saturated rings. The van der Waals surface area contributed by atoms with Crippen molar-refractivity contribution >= 4 is 55.3 Å². The molecule has 17 nitrogen and oxygen atoms in total. The number of imidazole rings is 1. The Morgan fingerprint density at radius 1 is 1.21 bits per heavy atom. The summed E-state index contributed by atoms with van der Waals surface area (Å²) in [4.78, 5) is 40.5. The highest BCUT2D eigenvalue weighted by Gasteiger charge is 2.43. The number of aromatic amines is 1. The van der Waals surface area contributed by atoms with E-state index in [-0.39, 0.29) is 30.7 Å². The van der Waals surface area contributed by atoms with Gasteiger partial charge in [-0.2, -0.15) is 0 Å². The molecule has 4 aromatic rings. The van der Waals surface area contributed by atoms with Crippen LogP contribution >= 0.6 is 27.3 Å². The lowest BCUT2D eigenvalue weighted by molar-refractivity contribution is -0.0449. The van der Waals surface area contributed by atoms with Crippen molar-refractivity contribution in [3.8, 4) is 0 Å². The summed E-state index contributed by atoms with van der Waals surface area (Å²) in [6.07, 6.45) is 2.52. The lowest BCUT2D eigenvalue weighted by Gasteiger charge is -2.24. The summed E-state index contributed by atoms with van der Waals surface area (Å²) in [7, 11) is -1.53. The Morgan fingerprint density at radius 2 is 2.05 bits per heavy atom. The van der Waals surface area contributed by atoms with Crippen LogP contribution in [0.1, 0.15) is 31.7 Å². The number of H-pyrrole nitrogens is 1. The molecule has 6 heterocycles. The average molecular weight is 661 g/mol. The molecule has 21 heteroatoms. The van der Waals surface area contributed by atoms with Gasteiger partial charge in [-0.25, -0.2) is 28.9 Å². The van der Waals surface area contributed by atoms with Crippen molar-refractivity contribution < 1.29 is 41.5 Å². The first-order valence-corrected chi connectivity index (χ1v) is 17.0. The lowest BCUT2D eigenvalue weighted by Crippen LogP contribution is -2.23. The van der Waals surface area contributed by atoms with Gasteiger partial charge in [0.25, 0.3) is 5.56 Å². The molecule has 0 bridgehead atoms. The van der Waals surface area contributed by atoms with Crippen LogP contribution in [-0.4, -0.2) is 77.5 Å². The fourth-order valence-corrected chi connectivity index (χ4v) is 7.05. The van der Waals surface area contributed by atoms with E-state index in [0.29, 0.717) is 29.8 Å². The van der Waals surface area contributed by atoms with Crippen LogP contribution < -0.4 is 10.9 Å². The highest BCUT2D eigenvalue weighted by molar-refractivity contribution is 8.44. The Hall–Kier alpha value is -2.73. The van der Waals surface area contributed by atoms with Gasteiger partial charge >= 0.3 is 15.1 Å². The predicted octanol–water partition coefficient (Wildman–Crippen LogP) is 2.55. The molecule has 2 saturated heterocycles. The van der Waals surface area contributed by atoms with E-state index in [1.807, 2.05) is 0 Å². The summed E-state index contributed by atoms with van der Waals surface area (Å²) in [5, 5.41) is 2.67. The second-order valence-electron chi connectivity index (χ2n) is 9.77. The minimum absolute atomic E-state index is 0.0182. The van der Waals surface area contributed by atoms with Gasteiger partial charge in [0, 0.05) is 19.7 Å². The summed E-state index contributed by atoms with van der Waals surface area (Å²) in [6.45, 7) is -4.47. The van der Waals surface area contributed by atoms with Crippen LogP contribution in [0.5, 0.6) is 0 Å². The topological polar surface area (TPSA) is 207 Å². The van der Waals surface area contributed by atoms with Crippen molar-refractivity contribution in [3.63, 3.8) is 0 Å². The highest BCUT2D eigenvalue weighted by Crippen LogP contribution is 2.57. The molecule has 0 aliphatic carbocycles. The maximum absolute atomic E-state index is 14.7. The van der Waals surface area contributed by atoms with Crippen LogP contribution in [-0.2, 0) is 32.2 Å². The van der Waals surface area contributed by atoms with Gasteiger partial charge in [-0.3, -0.25) is 23.0 Å². The largest absolute Gasteiger partial charge is 0.386 e. The number of nitrogens with zero attached hydrogens (tertiary/aromatic N) is 6. The van der Waals surface area contributed by atoms with Gasteiger partial charge in [-0.15, -0.1) is 0 Å². The number of thiol groups is 1. The first-order chi connectivity index (χ1) is 20.6. The summed E-state index contributed by atoms with van der Waals surface area (Å²) in [5.41, 5.74) is 0.445. The number of fused-ring (bicyclic) bond motifs is 2. The molecule has 4 aromatic heterocycles. The number of rotatable bonds is 11. The number of hydrogen-bond acceptors (Lipinski definition) is 13. The standard InChI is InChI=1S/C22H27FN8O9P2S/c1-24-18-17-20(27-8-25-18)31(10-29-17)15-3-2-11(38-15)7-37-42(35,43)40-14-4-12(6-36-41(33)34)39-22(14)30-5-13(23)16-19(30)26-9-28-21(16)32/h5,8-12,14-15,22,41H,2-4,6-7H2,1H3,(H,33,34)(H,35,43)(H,24,25,27)(H,26,28,32)/t11?,12-,14+,15+,22+,42?/m0/s1. The highest BCUT2D eigenvalue weighted by atomic mass is 32.7. The Labute approximate surface area is 247 Å². The zero-order chi connectivity index (χ0) is 30.3. The molecule has 0 spiro atoms. The Bertz CT molecular complexity index is 1770. The summed E-state index contributed by atoms with van der Waals surface area (Å²) in [6, 6.07) is 0. The van der Waals surface area contributed by atoms with E-state index in [0.717, 1.165) is 12.5 Å². The fraction of sp³-hybridized carbons (Fsp3) is 0.500. The molecule has 0 radical (unpaired) electrons. The normalized spacial score (nSPS) is 26.3. The van der Waals surface area contributed by atoms with E-state index in [2.05, 4.69) is 42.5 Å². The smallest absolute Gasteiger partial charge is 0.371 e. The van der Waals surface area contributed by atoms with Crippen LogP contribution in [0.4, 0.5) is 10.2 Å². The summed E-state index contributed by atoms with van der Waals surface area (Å²) < 4.78 is 70.3. The molecule has 3 unspecified atom stereocenters. The van der Waals surface area contributed by atoms with Gasteiger partial charge < -0.3 is 33.8 Å². The van der Waals surface area contributed by atoms with Crippen molar-refractivity contribution in [2.75, 3.05) is 25.6 Å². The third-order valence-electron chi connectivity index (χ3n) is 7.06. The molecule has 0 amide bonds. The molecule has 7 atom stereocenters. The van der Waals surface area contributed by atoms with Gasteiger partial charge in [-0.1, -0.05) is 12.2 Å². The van der Waals surface area contributed by atoms with Gasteiger partial charge in [-0.05, 0) is 12.8 Å². The SMILES string of the molecule is CNc1ncnc2c1ncn2[C@H]1CCC(COP(=O)(S)O[C@@H]2C[C@@H](CO[PH](=O)O)O[C@H]2n2cc(F)c3c(=O)[nH]cnc32)O1. The summed E-state index contributed by atoms with van der Waals surface area (Å²) in [5.74, 6) is -0.272. The van der Waals surface area contributed by atoms with Crippen LogP contribution in [0.2, 0.25) is 0 Å². The van der Waals surface area contributed by atoms with Gasteiger partial charge in [0.1, 0.15) is 29.6 Å². The van der Waals surface area contributed by atoms with Crippen molar-refractivity contribution in [1.29, 1.82) is 0 Å². The second-order valence-corrected chi connectivity index (χ2v) is 13.5. The minimum Gasteiger partial charge on any atom is -0.371 e. The monoisotopic (exact) mass is 660 g/mol. The van der Waals surface area contributed by atoms with Crippen molar-refractivity contribution in [2.45, 2.75) is 50.0 Å². The van der Waals surface area contributed by atoms with Crippen LogP contribution in [0.3, 0.4) is 0 Å². The third-order valence-corrected chi connectivity index (χ3v) is 9.12. The summed E-state index contributed by atoms with van der Waals surface area (Å²) >= 11 is 4.14. The lowest BCUT2D eigenvalue weighted by atomic mass is 10.2. The van der Waals surface area contributed by atoms with Gasteiger partial charge in [0.15, 0.2) is 29.2 Å². The molecular weight excluding hydrogens is 633 g/mol. The number of anilines is 1. The molecule has 43 heavy (non-hydrogen) atoms. The molecular formula is C22H27FN8O9P2S. The first-order valence-electron chi connectivity index (χ1n) is 13.0. The van der Waals surface area contributed by atoms with Crippen molar-refractivity contribution in [2.24, 2.45) is 0 Å². The van der Waals surface area contributed by atoms with E-state index in [9.17, 15) is 18.3 Å². The van der Waals surface area contributed by atoms with E-state index in [1.54, 1.807) is 17.9 Å². The van der Waals surface area contributed by atoms with Crippen molar-refractivity contribution in [1.82, 2.24) is 34.1 Å². The number of ether oxygens (including phenoxy) is 2. The maximum Gasteiger partial charge on any atom is 0.386 e.